The number of benzene rings is 2. The average Bonchev–Trinajstić information content (AvgIpc) is 2.74. The summed E-state index contributed by atoms with van der Waals surface area (Å²) in [5.41, 5.74) is 1.48. The van der Waals surface area contributed by atoms with E-state index < -0.39 is 5.92 Å². The van der Waals surface area contributed by atoms with E-state index in [9.17, 15) is 9.59 Å². The molecule has 0 heterocycles. The van der Waals surface area contributed by atoms with Crippen LogP contribution in [0.2, 0.25) is 0 Å². The summed E-state index contributed by atoms with van der Waals surface area (Å²) in [4.78, 5) is 25.8. The van der Waals surface area contributed by atoms with E-state index in [1.807, 2.05) is 20.8 Å². The second kappa shape index (κ2) is 10.7. The van der Waals surface area contributed by atoms with Crippen LogP contribution in [0, 0.1) is 0 Å². The standard InChI is InChI=1S/C24H30O6/c1-7-17(15(4)25)18-13-22(29-8-2)23(30-9-3)14-19(18)24(26)16-10-11-20(27-5)21(12-16)28-6/h10-14,17H,7-9H2,1-6H3. The van der Waals surface area contributed by atoms with Gasteiger partial charge in [0.1, 0.15) is 5.78 Å². The molecule has 162 valence electrons. The first-order chi connectivity index (χ1) is 14.4. The maximum absolute atomic E-state index is 13.5. The number of carbonyl (C=O) groups excluding carboxylic acids is 2. The van der Waals surface area contributed by atoms with Gasteiger partial charge in [-0.05, 0) is 63.1 Å². The number of ether oxygens (including phenoxy) is 4. The van der Waals surface area contributed by atoms with Gasteiger partial charge in [-0.2, -0.15) is 0 Å². The van der Waals surface area contributed by atoms with E-state index in [1.165, 1.54) is 21.1 Å². The smallest absolute Gasteiger partial charge is 0.193 e. The van der Waals surface area contributed by atoms with Gasteiger partial charge in [-0.25, -0.2) is 0 Å². The van der Waals surface area contributed by atoms with Gasteiger partial charge >= 0.3 is 0 Å². The molecule has 0 saturated heterocycles. The van der Waals surface area contributed by atoms with Crippen LogP contribution < -0.4 is 18.9 Å². The zero-order valence-corrected chi connectivity index (χ0v) is 18.5. The summed E-state index contributed by atoms with van der Waals surface area (Å²) in [5.74, 6) is 1.34. The molecule has 0 aliphatic carbocycles. The van der Waals surface area contributed by atoms with Gasteiger partial charge in [-0.1, -0.05) is 6.92 Å². The first-order valence-electron chi connectivity index (χ1n) is 10.1. The fourth-order valence-electron chi connectivity index (χ4n) is 3.46. The van der Waals surface area contributed by atoms with Gasteiger partial charge in [0.05, 0.1) is 27.4 Å². The maximum atomic E-state index is 13.5. The normalized spacial score (nSPS) is 11.5. The topological polar surface area (TPSA) is 71.1 Å². The van der Waals surface area contributed by atoms with Crippen molar-refractivity contribution in [2.45, 2.75) is 40.0 Å². The van der Waals surface area contributed by atoms with Crippen LogP contribution in [-0.4, -0.2) is 39.0 Å². The second-order valence-corrected chi connectivity index (χ2v) is 6.72. The lowest BCUT2D eigenvalue weighted by molar-refractivity contribution is -0.118. The summed E-state index contributed by atoms with van der Waals surface area (Å²) in [5, 5.41) is 0. The SMILES string of the molecule is CCOc1cc(C(=O)c2ccc(OC)c(OC)c2)c(C(CC)C(C)=O)cc1OCC. The number of ketones is 2. The van der Waals surface area contributed by atoms with Gasteiger partial charge in [0.15, 0.2) is 28.8 Å². The van der Waals surface area contributed by atoms with E-state index in [0.29, 0.717) is 59.3 Å². The molecule has 6 nitrogen and oxygen atoms in total. The first kappa shape index (κ1) is 23.3. The van der Waals surface area contributed by atoms with Gasteiger partial charge in [-0.15, -0.1) is 0 Å². The minimum Gasteiger partial charge on any atom is -0.493 e. The molecule has 0 aromatic heterocycles. The third kappa shape index (κ3) is 4.93. The summed E-state index contributed by atoms with van der Waals surface area (Å²) in [6.07, 6.45) is 0.571. The van der Waals surface area contributed by atoms with Gasteiger partial charge in [0, 0.05) is 17.0 Å². The van der Waals surface area contributed by atoms with Crippen LogP contribution in [0.1, 0.15) is 61.5 Å². The van der Waals surface area contributed by atoms with Gasteiger partial charge in [0.2, 0.25) is 0 Å². The van der Waals surface area contributed by atoms with E-state index in [2.05, 4.69) is 0 Å². The molecule has 2 rings (SSSR count). The Hall–Kier alpha value is -3.02. The van der Waals surface area contributed by atoms with E-state index in [4.69, 9.17) is 18.9 Å². The molecule has 1 unspecified atom stereocenters. The second-order valence-electron chi connectivity index (χ2n) is 6.72. The Morgan fingerprint density at radius 3 is 1.93 bits per heavy atom. The Bertz CT molecular complexity index is 903. The highest BCUT2D eigenvalue weighted by Gasteiger charge is 2.26. The Morgan fingerprint density at radius 2 is 1.43 bits per heavy atom. The minimum absolute atomic E-state index is 0.00882. The minimum atomic E-state index is -0.418. The number of methoxy groups -OCH3 is 2. The fraction of sp³-hybridized carbons (Fsp3) is 0.417. The quantitative estimate of drug-likeness (QED) is 0.491. The summed E-state index contributed by atoms with van der Waals surface area (Å²) in [6.45, 7) is 8.07. The monoisotopic (exact) mass is 414 g/mol. The molecule has 2 aromatic rings. The molecule has 0 spiro atoms. The molecule has 1 atom stereocenters. The number of hydrogen-bond donors (Lipinski definition) is 0. The summed E-state index contributed by atoms with van der Waals surface area (Å²) in [6, 6.07) is 8.44. The largest absolute Gasteiger partial charge is 0.493 e. The number of carbonyl (C=O) groups is 2. The lowest BCUT2D eigenvalue weighted by Crippen LogP contribution is -2.15. The van der Waals surface area contributed by atoms with Gasteiger partial charge < -0.3 is 18.9 Å². The van der Waals surface area contributed by atoms with E-state index in [1.54, 1.807) is 30.3 Å². The summed E-state index contributed by atoms with van der Waals surface area (Å²) >= 11 is 0. The molecule has 0 aliphatic heterocycles. The summed E-state index contributed by atoms with van der Waals surface area (Å²) in [7, 11) is 3.06. The van der Waals surface area contributed by atoms with E-state index >= 15 is 0 Å². The Labute approximate surface area is 178 Å². The predicted octanol–water partition coefficient (Wildman–Crippen LogP) is 4.81. The van der Waals surface area contributed by atoms with Crippen molar-refractivity contribution < 1.29 is 28.5 Å². The van der Waals surface area contributed by atoms with Gasteiger partial charge in [-0.3, -0.25) is 9.59 Å². The number of rotatable bonds is 11. The lowest BCUT2D eigenvalue weighted by Gasteiger charge is -2.20. The number of Topliss-reactive ketones (excluding diaryl/α,β-unsaturated/α-hetero) is 1. The third-order valence-electron chi connectivity index (χ3n) is 4.88. The molecule has 0 amide bonds. The molecular formula is C24H30O6. The molecular weight excluding hydrogens is 384 g/mol. The molecule has 0 N–H and O–H groups in total. The lowest BCUT2D eigenvalue weighted by atomic mass is 9.86. The maximum Gasteiger partial charge on any atom is 0.193 e. The van der Waals surface area contributed by atoms with Crippen molar-refractivity contribution in [2.75, 3.05) is 27.4 Å². The molecule has 0 saturated carbocycles. The zero-order chi connectivity index (χ0) is 22.3. The van der Waals surface area contributed by atoms with Crippen molar-refractivity contribution in [3.05, 3.63) is 47.0 Å². The van der Waals surface area contributed by atoms with Crippen LogP contribution in [0.4, 0.5) is 0 Å². The average molecular weight is 414 g/mol. The van der Waals surface area contributed by atoms with Crippen LogP contribution in [0.5, 0.6) is 23.0 Å². The van der Waals surface area contributed by atoms with Crippen molar-refractivity contribution in [2.24, 2.45) is 0 Å². The van der Waals surface area contributed by atoms with Gasteiger partial charge in [0.25, 0.3) is 0 Å². The van der Waals surface area contributed by atoms with E-state index in [-0.39, 0.29) is 11.6 Å². The predicted molar refractivity (Wildman–Crippen MR) is 115 cm³/mol. The molecule has 6 heteroatoms. The van der Waals surface area contributed by atoms with Crippen molar-refractivity contribution in [3.63, 3.8) is 0 Å². The Morgan fingerprint density at radius 1 is 0.833 bits per heavy atom. The molecule has 0 radical (unpaired) electrons. The van der Waals surface area contributed by atoms with Crippen LogP contribution in [0.25, 0.3) is 0 Å². The highest BCUT2D eigenvalue weighted by molar-refractivity contribution is 6.11. The first-order valence-corrected chi connectivity index (χ1v) is 10.1. The fourth-order valence-corrected chi connectivity index (χ4v) is 3.46. The molecule has 2 aromatic carbocycles. The third-order valence-corrected chi connectivity index (χ3v) is 4.88. The van der Waals surface area contributed by atoms with Crippen LogP contribution in [0.15, 0.2) is 30.3 Å². The Kier molecular flexibility index (Phi) is 8.27. The van der Waals surface area contributed by atoms with Crippen molar-refractivity contribution >= 4 is 11.6 Å². The molecule has 0 aliphatic rings. The van der Waals surface area contributed by atoms with Crippen molar-refractivity contribution in [3.8, 4) is 23.0 Å². The Balaban J connectivity index is 2.69. The summed E-state index contributed by atoms with van der Waals surface area (Å²) < 4.78 is 22.0. The molecule has 0 bridgehead atoms. The highest BCUT2D eigenvalue weighted by Crippen LogP contribution is 2.38. The van der Waals surface area contributed by atoms with Crippen LogP contribution in [0.3, 0.4) is 0 Å². The van der Waals surface area contributed by atoms with Crippen molar-refractivity contribution in [1.82, 2.24) is 0 Å². The van der Waals surface area contributed by atoms with Crippen LogP contribution >= 0.6 is 0 Å². The molecule has 30 heavy (non-hydrogen) atoms. The highest BCUT2D eigenvalue weighted by atomic mass is 16.5. The van der Waals surface area contributed by atoms with E-state index in [0.717, 1.165) is 0 Å². The van der Waals surface area contributed by atoms with Crippen LogP contribution in [-0.2, 0) is 4.79 Å². The number of hydrogen-bond acceptors (Lipinski definition) is 6. The molecule has 0 fully saturated rings. The van der Waals surface area contributed by atoms with Crippen molar-refractivity contribution in [1.29, 1.82) is 0 Å². The zero-order valence-electron chi connectivity index (χ0n) is 18.5.